The van der Waals surface area contributed by atoms with Gasteiger partial charge in [0.1, 0.15) is 16.9 Å². The Labute approximate surface area is 154 Å². The molecule has 1 saturated heterocycles. The lowest BCUT2D eigenvalue weighted by atomic mass is 10.2. The molecule has 4 rings (SSSR count). The Kier molecular flexibility index (Phi) is 4.46. The monoisotopic (exact) mass is 368 g/mol. The molecule has 1 aliphatic heterocycles. The summed E-state index contributed by atoms with van der Waals surface area (Å²) in [5, 5.41) is 0.684. The topological polar surface area (TPSA) is 42.4 Å². The number of carbonyl (C=O) groups is 1. The van der Waals surface area contributed by atoms with E-state index in [1.807, 2.05) is 67.7 Å². The molecule has 1 unspecified atom stereocenters. The molecular weight excluding hydrogens is 352 g/mol. The first kappa shape index (κ1) is 16.2. The maximum atomic E-state index is 12.4. The summed E-state index contributed by atoms with van der Waals surface area (Å²) >= 11 is 3.16. The number of anilines is 1. The normalized spacial score (nSPS) is 17.1. The van der Waals surface area contributed by atoms with Gasteiger partial charge in [-0.15, -0.1) is 23.1 Å². The lowest BCUT2D eigenvalue weighted by Crippen LogP contribution is -2.27. The number of thioether (sulfide) groups is 1. The lowest BCUT2D eigenvalue weighted by Gasteiger charge is -2.22. The minimum absolute atomic E-state index is 0.0719. The van der Waals surface area contributed by atoms with Crippen molar-refractivity contribution in [1.29, 1.82) is 0 Å². The number of aryl methyl sites for hydroxylation is 1. The van der Waals surface area contributed by atoms with E-state index in [1.165, 1.54) is 0 Å². The molecule has 1 amide bonds. The van der Waals surface area contributed by atoms with Crippen LogP contribution in [0.3, 0.4) is 0 Å². The largest absolute Gasteiger partial charge is 0.457 e. The van der Waals surface area contributed by atoms with Crippen molar-refractivity contribution < 1.29 is 9.53 Å². The van der Waals surface area contributed by atoms with Crippen molar-refractivity contribution in [3.8, 4) is 11.5 Å². The number of nitrogens with zero attached hydrogens (tertiary/aromatic N) is 2. The van der Waals surface area contributed by atoms with Crippen LogP contribution in [-0.4, -0.2) is 16.6 Å². The molecule has 4 nitrogen and oxygen atoms in total. The SMILES string of the molecule is Cc1cnc(N2C(=O)CSC2c2cccc(Oc3ccccc3)c2)s1. The minimum atomic E-state index is -0.0719. The van der Waals surface area contributed by atoms with Gasteiger partial charge >= 0.3 is 0 Å². The highest BCUT2D eigenvalue weighted by Crippen LogP contribution is 2.43. The summed E-state index contributed by atoms with van der Waals surface area (Å²) in [5.74, 6) is 2.12. The fraction of sp³-hybridized carbons (Fsp3) is 0.158. The van der Waals surface area contributed by atoms with Crippen LogP contribution in [0.4, 0.5) is 5.13 Å². The van der Waals surface area contributed by atoms with Crippen molar-refractivity contribution in [3.05, 3.63) is 71.2 Å². The minimum Gasteiger partial charge on any atom is -0.457 e. The molecule has 1 fully saturated rings. The molecule has 0 bridgehead atoms. The van der Waals surface area contributed by atoms with Gasteiger partial charge in [0.15, 0.2) is 5.13 Å². The van der Waals surface area contributed by atoms with Crippen LogP contribution in [0.1, 0.15) is 15.8 Å². The number of rotatable bonds is 4. The van der Waals surface area contributed by atoms with E-state index in [9.17, 15) is 4.79 Å². The van der Waals surface area contributed by atoms with E-state index in [1.54, 1.807) is 28.0 Å². The Hall–Kier alpha value is -2.31. The summed E-state index contributed by atoms with van der Waals surface area (Å²) < 4.78 is 5.92. The third kappa shape index (κ3) is 3.41. The molecule has 6 heteroatoms. The first-order chi connectivity index (χ1) is 12.2. The summed E-state index contributed by atoms with van der Waals surface area (Å²) in [5.41, 5.74) is 1.04. The first-order valence-corrected chi connectivity index (χ1v) is 9.76. The predicted octanol–water partition coefficient (Wildman–Crippen LogP) is 5.02. The summed E-state index contributed by atoms with van der Waals surface area (Å²) in [6, 6.07) is 17.6. The summed E-state index contributed by atoms with van der Waals surface area (Å²) in [6.45, 7) is 2.00. The number of hydrogen-bond donors (Lipinski definition) is 0. The van der Waals surface area contributed by atoms with Gasteiger partial charge in [0, 0.05) is 11.1 Å². The molecule has 1 atom stereocenters. The third-order valence-corrected chi connectivity index (χ3v) is 5.93. The van der Waals surface area contributed by atoms with Crippen LogP contribution >= 0.6 is 23.1 Å². The Morgan fingerprint density at radius 1 is 1.12 bits per heavy atom. The lowest BCUT2D eigenvalue weighted by molar-refractivity contribution is -0.115. The molecule has 0 spiro atoms. The van der Waals surface area contributed by atoms with Gasteiger partial charge in [-0.2, -0.15) is 0 Å². The second kappa shape index (κ2) is 6.90. The highest BCUT2D eigenvalue weighted by atomic mass is 32.2. The fourth-order valence-corrected chi connectivity index (χ4v) is 4.70. The smallest absolute Gasteiger partial charge is 0.240 e. The van der Waals surface area contributed by atoms with Crippen molar-refractivity contribution in [2.75, 3.05) is 10.7 Å². The first-order valence-electron chi connectivity index (χ1n) is 7.90. The van der Waals surface area contributed by atoms with Gasteiger partial charge in [-0.05, 0) is 36.8 Å². The van der Waals surface area contributed by atoms with Crippen LogP contribution in [0.2, 0.25) is 0 Å². The molecule has 3 aromatic rings. The number of carbonyl (C=O) groups excluding carboxylic acids is 1. The van der Waals surface area contributed by atoms with Crippen LogP contribution in [0.5, 0.6) is 11.5 Å². The van der Waals surface area contributed by atoms with Crippen LogP contribution in [-0.2, 0) is 4.79 Å². The van der Waals surface area contributed by atoms with Crippen molar-refractivity contribution in [2.24, 2.45) is 0 Å². The number of benzene rings is 2. The summed E-state index contributed by atoms with van der Waals surface area (Å²) in [4.78, 5) is 19.7. The zero-order valence-electron chi connectivity index (χ0n) is 13.6. The molecule has 1 aromatic heterocycles. The zero-order chi connectivity index (χ0) is 17.2. The Balaban J connectivity index is 1.62. The highest BCUT2D eigenvalue weighted by Gasteiger charge is 2.35. The van der Waals surface area contributed by atoms with Gasteiger partial charge in [-0.3, -0.25) is 9.69 Å². The molecule has 0 N–H and O–H groups in total. The number of hydrogen-bond acceptors (Lipinski definition) is 5. The van der Waals surface area contributed by atoms with Crippen molar-refractivity contribution in [3.63, 3.8) is 0 Å². The molecule has 0 aliphatic carbocycles. The molecule has 0 radical (unpaired) electrons. The van der Waals surface area contributed by atoms with Crippen LogP contribution in [0, 0.1) is 6.92 Å². The predicted molar refractivity (Wildman–Crippen MR) is 102 cm³/mol. The van der Waals surface area contributed by atoms with E-state index in [2.05, 4.69) is 4.98 Å². The van der Waals surface area contributed by atoms with Gasteiger partial charge < -0.3 is 4.74 Å². The van der Waals surface area contributed by atoms with Gasteiger partial charge in [0.05, 0.1) is 5.75 Å². The highest BCUT2D eigenvalue weighted by molar-refractivity contribution is 8.00. The molecule has 2 aromatic carbocycles. The molecule has 2 heterocycles. The van der Waals surface area contributed by atoms with Crippen LogP contribution in [0.15, 0.2) is 60.8 Å². The van der Waals surface area contributed by atoms with E-state index < -0.39 is 0 Å². The Morgan fingerprint density at radius 3 is 2.68 bits per heavy atom. The quantitative estimate of drug-likeness (QED) is 0.648. The fourth-order valence-electron chi connectivity index (χ4n) is 2.69. The number of ether oxygens (including phenoxy) is 1. The van der Waals surface area contributed by atoms with Crippen LogP contribution < -0.4 is 9.64 Å². The average molecular weight is 368 g/mol. The second-order valence-electron chi connectivity index (χ2n) is 5.67. The number of amides is 1. The number of aromatic nitrogens is 1. The maximum absolute atomic E-state index is 12.4. The van der Waals surface area contributed by atoms with Gasteiger partial charge in [-0.1, -0.05) is 30.3 Å². The van der Waals surface area contributed by atoms with Crippen LogP contribution in [0.25, 0.3) is 0 Å². The van der Waals surface area contributed by atoms with Crippen molar-refractivity contribution >= 4 is 34.1 Å². The Morgan fingerprint density at radius 2 is 1.92 bits per heavy atom. The molecule has 1 aliphatic rings. The Bertz CT molecular complexity index is 895. The van der Waals surface area contributed by atoms with Crippen molar-refractivity contribution in [2.45, 2.75) is 12.3 Å². The molecule has 126 valence electrons. The van der Waals surface area contributed by atoms with E-state index in [0.717, 1.165) is 27.1 Å². The average Bonchev–Trinajstić information content (AvgIpc) is 3.21. The summed E-state index contributed by atoms with van der Waals surface area (Å²) in [6.07, 6.45) is 1.81. The van der Waals surface area contributed by atoms with Gasteiger partial charge in [0.2, 0.25) is 5.91 Å². The third-order valence-electron chi connectivity index (χ3n) is 3.81. The molecule has 0 saturated carbocycles. The van der Waals surface area contributed by atoms with Gasteiger partial charge in [0.25, 0.3) is 0 Å². The second-order valence-corrected chi connectivity index (χ2v) is 7.95. The van der Waals surface area contributed by atoms with E-state index in [-0.39, 0.29) is 11.3 Å². The number of thiazole rings is 1. The van der Waals surface area contributed by atoms with Crippen molar-refractivity contribution in [1.82, 2.24) is 4.98 Å². The maximum Gasteiger partial charge on any atom is 0.240 e. The standard InChI is InChI=1S/C19H16N2O2S2/c1-13-11-20-19(25-13)21-17(22)12-24-18(21)14-6-5-9-16(10-14)23-15-7-3-2-4-8-15/h2-11,18H,12H2,1H3. The van der Waals surface area contributed by atoms with E-state index in [4.69, 9.17) is 4.74 Å². The van der Waals surface area contributed by atoms with E-state index >= 15 is 0 Å². The summed E-state index contributed by atoms with van der Waals surface area (Å²) in [7, 11) is 0. The van der Waals surface area contributed by atoms with E-state index in [0.29, 0.717) is 5.75 Å². The zero-order valence-corrected chi connectivity index (χ0v) is 15.2. The molecular formula is C19H16N2O2S2. The number of para-hydroxylation sites is 1. The van der Waals surface area contributed by atoms with Gasteiger partial charge in [-0.25, -0.2) is 4.98 Å². The molecule has 25 heavy (non-hydrogen) atoms.